The van der Waals surface area contributed by atoms with Crippen molar-refractivity contribution in [3.05, 3.63) is 17.2 Å². The molecule has 0 aliphatic carbocycles. The molecule has 16 heavy (non-hydrogen) atoms. The summed E-state index contributed by atoms with van der Waals surface area (Å²) < 4.78 is 34.8. The number of primary amides is 1. The van der Waals surface area contributed by atoms with Crippen LogP contribution in [0.25, 0.3) is 0 Å². The van der Waals surface area contributed by atoms with Crippen molar-refractivity contribution in [2.75, 3.05) is 14.2 Å². The number of ether oxygens (including phenoxy) is 2. The molecule has 0 aromatic carbocycles. The Balaban J connectivity index is 3.47. The van der Waals surface area contributed by atoms with Crippen molar-refractivity contribution < 1.29 is 23.0 Å². The summed E-state index contributed by atoms with van der Waals surface area (Å²) in [6.07, 6.45) is -2.87. The third-order valence-corrected chi connectivity index (χ3v) is 1.88. The minimum Gasteiger partial charge on any atom is -0.481 e. The lowest BCUT2D eigenvalue weighted by Crippen LogP contribution is -2.16. The second kappa shape index (κ2) is 4.73. The van der Waals surface area contributed by atoms with E-state index in [9.17, 15) is 13.6 Å². The van der Waals surface area contributed by atoms with E-state index in [1.54, 1.807) is 0 Å². The second-order valence-electron chi connectivity index (χ2n) is 2.80. The number of nitrogens with zero attached hydrogens (tertiary/aromatic N) is 1. The maximum atomic E-state index is 12.7. The monoisotopic (exact) mass is 232 g/mol. The van der Waals surface area contributed by atoms with Gasteiger partial charge in [0.05, 0.1) is 14.2 Å². The predicted octanol–water partition coefficient (Wildman–Crippen LogP) is 1.14. The van der Waals surface area contributed by atoms with E-state index in [2.05, 4.69) is 4.98 Å². The fraction of sp³-hybridized carbons (Fsp3) is 0.333. The number of rotatable bonds is 4. The zero-order valence-corrected chi connectivity index (χ0v) is 8.66. The Kier molecular flexibility index (Phi) is 3.60. The van der Waals surface area contributed by atoms with Gasteiger partial charge in [-0.3, -0.25) is 4.79 Å². The molecule has 0 unspecified atom stereocenters. The van der Waals surface area contributed by atoms with Crippen LogP contribution in [0.2, 0.25) is 0 Å². The maximum Gasteiger partial charge on any atom is 0.265 e. The van der Waals surface area contributed by atoms with Crippen molar-refractivity contribution in [1.82, 2.24) is 4.98 Å². The van der Waals surface area contributed by atoms with Crippen molar-refractivity contribution in [1.29, 1.82) is 0 Å². The number of hydrogen-bond acceptors (Lipinski definition) is 4. The van der Waals surface area contributed by atoms with Gasteiger partial charge in [-0.15, -0.1) is 0 Å². The molecule has 0 atom stereocenters. The minimum atomic E-state index is -2.87. The molecule has 1 rings (SSSR count). The number of hydrogen-bond donors (Lipinski definition) is 1. The number of carbonyl (C=O) groups excluding carboxylic acids is 1. The van der Waals surface area contributed by atoms with Crippen LogP contribution in [-0.4, -0.2) is 25.1 Å². The van der Waals surface area contributed by atoms with Crippen molar-refractivity contribution in [2.45, 2.75) is 6.43 Å². The van der Waals surface area contributed by atoms with Gasteiger partial charge < -0.3 is 15.2 Å². The highest BCUT2D eigenvalue weighted by molar-refractivity contribution is 5.96. The van der Waals surface area contributed by atoms with Crippen LogP contribution in [0.1, 0.15) is 22.3 Å². The van der Waals surface area contributed by atoms with Gasteiger partial charge >= 0.3 is 0 Å². The van der Waals surface area contributed by atoms with E-state index in [4.69, 9.17) is 15.2 Å². The highest BCUT2D eigenvalue weighted by Crippen LogP contribution is 2.31. The Hall–Kier alpha value is -1.92. The van der Waals surface area contributed by atoms with Gasteiger partial charge in [0.2, 0.25) is 11.8 Å². The first-order valence-corrected chi connectivity index (χ1v) is 4.22. The van der Waals surface area contributed by atoms with E-state index < -0.39 is 23.5 Å². The normalized spacial score (nSPS) is 10.3. The standard InChI is InChI=1S/C9H10F2N2O3/c1-15-5-3-4(7(10)11)6(8(12)14)9(13-5)16-2/h3,7H,1-2H3,(H2,12,14). The highest BCUT2D eigenvalue weighted by atomic mass is 19.3. The molecule has 0 aliphatic heterocycles. The molecule has 0 aliphatic rings. The van der Waals surface area contributed by atoms with Crippen LogP contribution in [0.5, 0.6) is 11.8 Å². The van der Waals surface area contributed by atoms with Gasteiger partial charge in [0.25, 0.3) is 12.3 Å². The van der Waals surface area contributed by atoms with Gasteiger partial charge in [-0.2, -0.15) is 4.98 Å². The molecule has 88 valence electrons. The van der Waals surface area contributed by atoms with Gasteiger partial charge in [0.1, 0.15) is 5.56 Å². The topological polar surface area (TPSA) is 74.4 Å². The Morgan fingerprint density at radius 2 is 2.06 bits per heavy atom. The molecular weight excluding hydrogens is 222 g/mol. The van der Waals surface area contributed by atoms with E-state index in [0.717, 1.165) is 6.07 Å². The Morgan fingerprint density at radius 1 is 1.44 bits per heavy atom. The first-order chi connectivity index (χ1) is 7.51. The van der Waals surface area contributed by atoms with E-state index in [-0.39, 0.29) is 11.8 Å². The van der Waals surface area contributed by atoms with Crippen LogP contribution in [0.3, 0.4) is 0 Å². The van der Waals surface area contributed by atoms with Crippen molar-refractivity contribution >= 4 is 5.91 Å². The fourth-order valence-electron chi connectivity index (χ4n) is 1.19. The van der Waals surface area contributed by atoms with E-state index in [1.807, 2.05) is 0 Å². The number of carbonyl (C=O) groups is 1. The largest absolute Gasteiger partial charge is 0.481 e. The average Bonchev–Trinajstić information content (AvgIpc) is 2.26. The molecule has 0 saturated carbocycles. The molecule has 0 saturated heterocycles. The maximum absolute atomic E-state index is 12.7. The number of pyridine rings is 1. The minimum absolute atomic E-state index is 0.0721. The molecule has 0 spiro atoms. The zero-order chi connectivity index (χ0) is 12.3. The van der Waals surface area contributed by atoms with E-state index >= 15 is 0 Å². The lowest BCUT2D eigenvalue weighted by Gasteiger charge is -2.11. The molecule has 5 nitrogen and oxygen atoms in total. The third-order valence-electron chi connectivity index (χ3n) is 1.88. The summed E-state index contributed by atoms with van der Waals surface area (Å²) in [6, 6.07) is 0.952. The summed E-state index contributed by atoms with van der Waals surface area (Å²) in [5, 5.41) is 0. The first kappa shape index (κ1) is 12.2. The number of aromatic nitrogens is 1. The van der Waals surface area contributed by atoms with Crippen molar-refractivity contribution in [2.24, 2.45) is 5.73 Å². The van der Waals surface area contributed by atoms with Crippen molar-refractivity contribution in [3.8, 4) is 11.8 Å². The summed E-state index contributed by atoms with van der Waals surface area (Å²) >= 11 is 0. The molecule has 0 radical (unpaired) electrons. The number of halogens is 2. The predicted molar refractivity (Wildman–Crippen MR) is 50.8 cm³/mol. The second-order valence-corrected chi connectivity index (χ2v) is 2.80. The average molecular weight is 232 g/mol. The molecule has 1 amide bonds. The van der Waals surface area contributed by atoms with Crippen LogP contribution in [0.4, 0.5) is 8.78 Å². The number of amides is 1. The highest BCUT2D eigenvalue weighted by Gasteiger charge is 2.24. The van der Waals surface area contributed by atoms with Crippen LogP contribution in [-0.2, 0) is 0 Å². The summed E-state index contributed by atoms with van der Waals surface area (Å²) in [5.41, 5.74) is 4.00. The lowest BCUT2D eigenvalue weighted by atomic mass is 10.1. The molecule has 7 heteroatoms. The Labute approximate surface area is 90.2 Å². The molecule has 1 aromatic heterocycles. The Bertz CT molecular complexity index is 410. The smallest absolute Gasteiger partial charge is 0.265 e. The molecule has 0 bridgehead atoms. The molecule has 1 heterocycles. The third kappa shape index (κ3) is 2.18. The van der Waals surface area contributed by atoms with Crippen LogP contribution in [0, 0.1) is 0 Å². The summed E-state index contributed by atoms with van der Waals surface area (Å²) in [6.45, 7) is 0. The fourth-order valence-corrected chi connectivity index (χ4v) is 1.19. The van der Waals surface area contributed by atoms with Crippen molar-refractivity contribution in [3.63, 3.8) is 0 Å². The molecule has 0 fully saturated rings. The van der Waals surface area contributed by atoms with Crippen LogP contribution in [0.15, 0.2) is 6.07 Å². The molecule has 1 aromatic rings. The number of methoxy groups -OCH3 is 2. The van der Waals surface area contributed by atoms with Gasteiger partial charge in [-0.1, -0.05) is 0 Å². The Morgan fingerprint density at radius 3 is 2.44 bits per heavy atom. The van der Waals surface area contributed by atoms with Crippen LogP contribution < -0.4 is 15.2 Å². The van der Waals surface area contributed by atoms with E-state index in [0.29, 0.717) is 0 Å². The van der Waals surface area contributed by atoms with Gasteiger partial charge in [0, 0.05) is 11.6 Å². The molecule has 2 N–H and O–H groups in total. The van der Waals surface area contributed by atoms with Gasteiger partial charge in [-0.05, 0) is 0 Å². The van der Waals surface area contributed by atoms with Crippen LogP contribution >= 0.6 is 0 Å². The first-order valence-electron chi connectivity index (χ1n) is 4.22. The SMILES string of the molecule is COc1cc(C(F)F)c(C(N)=O)c(OC)n1. The molecular formula is C9H10F2N2O3. The quantitative estimate of drug-likeness (QED) is 0.844. The summed E-state index contributed by atoms with van der Waals surface area (Å²) in [4.78, 5) is 14.7. The lowest BCUT2D eigenvalue weighted by molar-refractivity contribution is 0.0980. The van der Waals surface area contributed by atoms with Gasteiger partial charge in [0.15, 0.2) is 0 Å². The van der Waals surface area contributed by atoms with Gasteiger partial charge in [-0.25, -0.2) is 8.78 Å². The summed E-state index contributed by atoms with van der Waals surface area (Å²) in [5.74, 6) is -1.37. The number of nitrogens with two attached hydrogens (primary N) is 1. The van der Waals surface area contributed by atoms with E-state index in [1.165, 1.54) is 14.2 Å². The number of alkyl halides is 2. The summed E-state index contributed by atoms with van der Waals surface area (Å²) in [7, 11) is 2.46. The zero-order valence-electron chi connectivity index (χ0n) is 8.66.